The van der Waals surface area contributed by atoms with Crippen LogP contribution in [0.25, 0.3) is 0 Å². The van der Waals surface area contributed by atoms with E-state index in [1.807, 2.05) is 6.08 Å². The summed E-state index contributed by atoms with van der Waals surface area (Å²) in [5.41, 5.74) is 3.58. The second-order valence-corrected chi connectivity index (χ2v) is 8.32. The smallest absolute Gasteiger partial charge is 0.161 e. The molecule has 2 unspecified atom stereocenters. The third-order valence-corrected chi connectivity index (χ3v) is 6.38. The Labute approximate surface area is 179 Å². The first-order chi connectivity index (χ1) is 14.6. The zero-order chi connectivity index (χ0) is 21.1. The Morgan fingerprint density at radius 2 is 1.77 bits per heavy atom. The molecular weight excluding hydrogens is 380 g/mol. The number of ketones is 1. The lowest BCUT2D eigenvalue weighted by Crippen LogP contribution is -2.46. The molecule has 0 bridgehead atoms. The summed E-state index contributed by atoms with van der Waals surface area (Å²) in [6, 6.07) is 4.20. The highest BCUT2D eigenvalue weighted by Crippen LogP contribution is 2.42. The minimum atomic E-state index is 0.0793. The Morgan fingerprint density at radius 3 is 2.43 bits per heavy atom. The number of methoxy groups -OCH3 is 2. The normalized spacial score (nSPS) is 24.4. The number of ether oxygens (including phenoxy) is 3. The van der Waals surface area contributed by atoms with Crippen LogP contribution in [0.5, 0.6) is 11.5 Å². The van der Waals surface area contributed by atoms with Crippen molar-refractivity contribution < 1.29 is 19.0 Å². The first-order valence-corrected chi connectivity index (χ1v) is 10.8. The maximum absolute atomic E-state index is 11.7. The van der Waals surface area contributed by atoms with E-state index in [1.165, 1.54) is 11.1 Å². The number of carbonyl (C=O) groups excluding carboxylic acids is 1. The summed E-state index contributed by atoms with van der Waals surface area (Å²) in [6.45, 7) is 7.83. The Kier molecular flexibility index (Phi) is 6.44. The lowest BCUT2D eigenvalue weighted by atomic mass is 9.88. The second kappa shape index (κ2) is 9.23. The van der Waals surface area contributed by atoms with Crippen LogP contribution >= 0.6 is 0 Å². The van der Waals surface area contributed by atoms with Crippen LogP contribution in [-0.4, -0.2) is 69.1 Å². The van der Waals surface area contributed by atoms with E-state index in [2.05, 4.69) is 34.9 Å². The van der Waals surface area contributed by atoms with Crippen molar-refractivity contribution in [2.75, 3.05) is 53.6 Å². The quantitative estimate of drug-likeness (QED) is 0.715. The molecule has 0 radical (unpaired) electrons. The summed E-state index contributed by atoms with van der Waals surface area (Å²) in [6.07, 6.45) is 7.39. The van der Waals surface area contributed by atoms with Crippen molar-refractivity contribution in [3.8, 4) is 11.5 Å². The Hall–Kier alpha value is -2.31. The second-order valence-electron chi connectivity index (χ2n) is 8.32. The van der Waals surface area contributed by atoms with Gasteiger partial charge in [-0.2, -0.15) is 0 Å². The Bertz CT molecular complexity index is 840. The maximum Gasteiger partial charge on any atom is 0.161 e. The molecule has 0 N–H and O–H groups in total. The van der Waals surface area contributed by atoms with Gasteiger partial charge in [-0.05, 0) is 35.8 Å². The average Bonchev–Trinajstić information content (AvgIpc) is 2.78. The van der Waals surface area contributed by atoms with E-state index < -0.39 is 0 Å². The van der Waals surface area contributed by atoms with Crippen LogP contribution in [0.15, 0.2) is 36.1 Å². The summed E-state index contributed by atoms with van der Waals surface area (Å²) in [5.74, 6) is 2.09. The van der Waals surface area contributed by atoms with E-state index in [9.17, 15) is 4.79 Å². The lowest BCUT2D eigenvalue weighted by molar-refractivity contribution is -0.114. The van der Waals surface area contributed by atoms with Crippen LogP contribution in [0.1, 0.15) is 42.9 Å². The van der Waals surface area contributed by atoms with Gasteiger partial charge in [0.05, 0.1) is 26.9 Å². The van der Waals surface area contributed by atoms with Crippen LogP contribution in [0.2, 0.25) is 0 Å². The van der Waals surface area contributed by atoms with Gasteiger partial charge in [-0.25, -0.2) is 0 Å². The molecule has 0 aromatic heterocycles. The van der Waals surface area contributed by atoms with Crippen LogP contribution in [0.4, 0.5) is 0 Å². The van der Waals surface area contributed by atoms with Gasteiger partial charge in [0.2, 0.25) is 0 Å². The lowest BCUT2D eigenvalue weighted by Gasteiger charge is -2.38. The van der Waals surface area contributed by atoms with Crippen molar-refractivity contribution in [1.82, 2.24) is 9.80 Å². The molecule has 30 heavy (non-hydrogen) atoms. The number of carbonyl (C=O) groups is 1. The summed E-state index contributed by atoms with van der Waals surface area (Å²) in [7, 11) is 3.36. The third-order valence-electron chi connectivity index (χ3n) is 6.38. The fourth-order valence-electron chi connectivity index (χ4n) is 4.59. The van der Waals surface area contributed by atoms with Crippen LogP contribution < -0.4 is 9.47 Å². The van der Waals surface area contributed by atoms with E-state index in [4.69, 9.17) is 14.2 Å². The van der Waals surface area contributed by atoms with Crippen LogP contribution in [0, 0.1) is 0 Å². The van der Waals surface area contributed by atoms with Crippen LogP contribution in [-0.2, 0) is 9.53 Å². The zero-order valence-electron chi connectivity index (χ0n) is 18.2. The van der Waals surface area contributed by atoms with Crippen molar-refractivity contribution in [2.45, 2.75) is 31.8 Å². The number of allylic oxidation sites excluding steroid dienone is 3. The fraction of sp³-hybridized carbons (Fsp3) is 0.542. The predicted molar refractivity (Wildman–Crippen MR) is 116 cm³/mol. The molecule has 1 fully saturated rings. The number of piperazine rings is 1. The van der Waals surface area contributed by atoms with Crippen molar-refractivity contribution in [2.24, 2.45) is 0 Å². The van der Waals surface area contributed by atoms with Gasteiger partial charge in [-0.15, -0.1) is 0 Å². The van der Waals surface area contributed by atoms with E-state index in [0.717, 1.165) is 62.9 Å². The number of nitrogens with zero attached hydrogens (tertiary/aromatic N) is 2. The predicted octanol–water partition coefficient (Wildman–Crippen LogP) is 3.30. The van der Waals surface area contributed by atoms with Gasteiger partial charge in [0.1, 0.15) is 0 Å². The molecule has 1 aliphatic carbocycles. The molecule has 1 saturated heterocycles. The van der Waals surface area contributed by atoms with Gasteiger partial charge in [0.15, 0.2) is 17.3 Å². The maximum atomic E-state index is 11.7. The van der Waals surface area contributed by atoms with Gasteiger partial charge >= 0.3 is 0 Å². The summed E-state index contributed by atoms with van der Waals surface area (Å²) < 4.78 is 17.2. The van der Waals surface area contributed by atoms with Gasteiger partial charge in [-0.1, -0.05) is 13.0 Å². The molecule has 2 atom stereocenters. The molecule has 1 aromatic carbocycles. The minimum absolute atomic E-state index is 0.0793. The molecule has 0 saturated carbocycles. The molecule has 1 aromatic rings. The molecule has 6 heteroatoms. The van der Waals surface area contributed by atoms with Crippen molar-refractivity contribution in [3.05, 3.63) is 47.2 Å². The van der Waals surface area contributed by atoms with E-state index in [0.29, 0.717) is 12.3 Å². The number of fused-ring (bicyclic) bond motifs is 1. The third kappa shape index (κ3) is 4.40. The van der Waals surface area contributed by atoms with Crippen molar-refractivity contribution in [1.29, 1.82) is 0 Å². The highest BCUT2D eigenvalue weighted by atomic mass is 16.5. The average molecular weight is 413 g/mol. The SMILES string of the molecule is COc1cc2c(cc1OC)C(CCN1CCN(C3=CC(=O)CC=C3)CC1)OCC2C. The highest BCUT2D eigenvalue weighted by Gasteiger charge is 2.29. The molecule has 2 heterocycles. The number of hydrogen-bond donors (Lipinski definition) is 0. The Balaban J connectivity index is 1.37. The first-order valence-electron chi connectivity index (χ1n) is 10.8. The fourth-order valence-corrected chi connectivity index (χ4v) is 4.59. The largest absolute Gasteiger partial charge is 0.493 e. The van der Waals surface area contributed by atoms with E-state index in [1.54, 1.807) is 20.3 Å². The summed E-state index contributed by atoms with van der Waals surface area (Å²) in [4.78, 5) is 16.5. The molecule has 4 rings (SSSR count). The van der Waals surface area contributed by atoms with E-state index >= 15 is 0 Å². The van der Waals surface area contributed by atoms with E-state index in [-0.39, 0.29) is 11.9 Å². The van der Waals surface area contributed by atoms with Crippen molar-refractivity contribution in [3.63, 3.8) is 0 Å². The minimum Gasteiger partial charge on any atom is -0.493 e. The molecule has 0 amide bonds. The summed E-state index contributed by atoms with van der Waals surface area (Å²) in [5, 5.41) is 0. The molecule has 162 valence electrons. The molecule has 0 spiro atoms. The Morgan fingerprint density at radius 1 is 1.07 bits per heavy atom. The topological polar surface area (TPSA) is 51.2 Å². The first kappa shape index (κ1) is 20.9. The monoisotopic (exact) mass is 412 g/mol. The molecule has 3 aliphatic rings. The standard InChI is InChI=1S/C24H32N2O4/c1-17-16-30-22(21-15-24(29-3)23(28-2)14-20(17)21)7-8-25-9-11-26(12-10-25)18-5-4-6-19(27)13-18/h4-5,13-15,17,22H,6-12,16H2,1-3H3. The molecule has 2 aliphatic heterocycles. The number of rotatable bonds is 6. The number of benzene rings is 1. The van der Waals surface area contributed by atoms with Gasteiger partial charge in [-0.3, -0.25) is 9.69 Å². The van der Waals surface area contributed by atoms with Gasteiger partial charge < -0.3 is 19.1 Å². The molecule has 6 nitrogen and oxygen atoms in total. The van der Waals surface area contributed by atoms with Gasteiger partial charge in [0, 0.05) is 56.8 Å². The van der Waals surface area contributed by atoms with Crippen molar-refractivity contribution >= 4 is 5.78 Å². The van der Waals surface area contributed by atoms with Gasteiger partial charge in [0.25, 0.3) is 0 Å². The van der Waals surface area contributed by atoms with Crippen LogP contribution in [0.3, 0.4) is 0 Å². The highest BCUT2D eigenvalue weighted by molar-refractivity contribution is 5.93. The molecular formula is C24H32N2O4. The zero-order valence-corrected chi connectivity index (χ0v) is 18.2. The number of hydrogen-bond acceptors (Lipinski definition) is 6. The summed E-state index contributed by atoms with van der Waals surface area (Å²) >= 11 is 0.